The SMILES string of the molecule is CC.CCC1(C)CCN(CC2CC2)C(COCCNCc2ccccc2)Cc2ccc(OC)cc21. The molecule has 1 heterocycles. The summed E-state index contributed by atoms with van der Waals surface area (Å²) >= 11 is 0. The van der Waals surface area contributed by atoms with Gasteiger partial charge in [0, 0.05) is 25.7 Å². The Kier molecular flexibility index (Phi) is 11.1. The smallest absolute Gasteiger partial charge is 0.119 e. The van der Waals surface area contributed by atoms with Gasteiger partial charge in [0.15, 0.2) is 0 Å². The van der Waals surface area contributed by atoms with Crippen LogP contribution in [0.1, 0.15) is 70.1 Å². The lowest BCUT2D eigenvalue weighted by Gasteiger charge is -2.41. The Morgan fingerprint density at radius 3 is 2.54 bits per heavy atom. The molecule has 194 valence electrons. The monoisotopic (exact) mass is 480 g/mol. The summed E-state index contributed by atoms with van der Waals surface area (Å²) in [6.45, 7) is 14.5. The van der Waals surface area contributed by atoms with Gasteiger partial charge in [-0.25, -0.2) is 0 Å². The van der Waals surface area contributed by atoms with Crippen molar-refractivity contribution in [3.8, 4) is 5.75 Å². The van der Waals surface area contributed by atoms with Crippen molar-refractivity contribution >= 4 is 0 Å². The number of hydrogen-bond donors (Lipinski definition) is 1. The minimum absolute atomic E-state index is 0.193. The van der Waals surface area contributed by atoms with Crippen LogP contribution in [-0.4, -0.2) is 50.9 Å². The average molecular weight is 481 g/mol. The van der Waals surface area contributed by atoms with Crippen LogP contribution >= 0.6 is 0 Å². The Balaban J connectivity index is 0.00000167. The maximum absolute atomic E-state index is 6.25. The van der Waals surface area contributed by atoms with Crippen molar-refractivity contribution in [3.05, 3.63) is 65.2 Å². The Bertz CT molecular complexity index is 868. The van der Waals surface area contributed by atoms with E-state index in [2.05, 4.69) is 72.6 Å². The van der Waals surface area contributed by atoms with Gasteiger partial charge in [-0.15, -0.1) is 0 Å². The lowest BCUT2D eigenvalue weighted by Crippen LogP contribution is -2.46. The predicted molar refractivity (Wildman–Crippen MR) is 147 cm³/mol. The van der Waals surface area contributed by atoms with Gasteiger partial charge in [-0.1, -0.05) is 64.1 Å². The van der Waals surface area contributed by atoms with Gasteiger partial charge in [-0.05, 0) is 78.8 Å². The molecule has 0 aromatic heterocycles. The van der Waals surface area contributed by atoms with Crippen molar-refractivity contribution in [1.29, 1.82) is 0 Å². The quantitative estimate of drug-likeness (QED) is 0.387. The molecular formula is C31H48N2O2. The number of nitrogens with one attached hydrogen (secondary N) is 1. The maximum atomic E-state index is 6.25. The van der Waals surface area contributed by atoms with Crippen LogP contribution in [0.25, 0.3) is 0 Å². The van der Waals surface area contributed by atoms with Gasteiger partial charge in [0.25, 0.3) is 0 Å². The molecule has 2 atom stereocenters. The van der Waals surface area contributed by atoms with Crippen LogP contribution < -0.4 is 10.1 Å². The molecule has 1 aliphatic carbocycles. The lowest BCUT2D eigenvalue weighted by molar-refractivity contribution is 0.0513. The van der Waals surface area contributed by atoms with E-state index in [1.54, 1.807) is 7.11 Å². The number of methoxy groups -OCH3 is 1. The van der Waals surface area contributed by atoms with Crippen LogP contribution in [-0.2, 0) is 23.1 Å². The van der Waals surface area contributed by atoms with Crippen molar-refractivity contribution in [2.24, 2.45) is 5.92 Å². The molecule has 2 aromatic rings. The zero-order valence-electron chi connectivity index (χ0n) is 22.8. The number of hydrogen-bond acceptors (Lipinski definition) is 4. The first-order chi connectivity index (χ1) is 17.1. The first-order valence-electron chi connectivity index (χ1n) is 13.8. The molecule has 2 unspecified atom stereocenters. The van der Waals surface area contributed by atoms with Gasteiger partial charge in [0.05, 0.1) is 20.3 Å². The Hall–Kier alpha value is -1.88. The maximum Gasteiger partial charge on any atom is 0.119 e. The third kappa shape index (κ3) is 8.06. The standard InChI is InChI=1S/C29H42N2O2.C2H6/c1-4-29(2)14-16-31(21-24-10-11-24)26(18-25-12-13-27(32-3)19-28(25)29)22-33-17-15-30-20-23-8-6-5-7-9-23;1-2/h5-9,12-13,19,24,26,30H,4,10-11,14-18,20-22H2,1-3H3;1-2H3. The molecule has 4 nitrogen and oxygen atoms in total. The molecule has 1 N–H and O–H groups in total. The zero-order chi connectivity index (χ0) is 25.1. The normalized spacial score (nSPS) is 22.4. The summed E-state index contributed by atoms with van der Waals surface area (Å²) in [6, 6.07) is 17.7. The second-order valence-corrected chi connectivity index (χ2v) is 10.2. The van der Waals surface area contributed by atoms with Crippen molar-refractivity contribution in [3.63, 3.8) is 0 Å². The van der Waals surface area contributed by atoms with E-state index in [9.17, 15) is 0 Å². The van der Waals surface area contributed by atoms with Gasteiger partial charge in [0.1, 0.15) is 5.75 Å². The Morgan fingerprint density at radius 2 is 1.86 bits per heavy atom. The largest absolute Gasteiger partial charge is 0.497 e. The minimum Gasteiger partial charge on any atom is -0.497 e. The van der Waals surface area contributed by atoms with Crippen molar-refractivity contribution in [2.45, 2.75) is 77.8 Å². The predicted octanol–water partition coefficient (Wildman–Crippen LogP) is 6.22. The summed E-state index contributed by atoms with van der Waals surface area (Å²) in [5.41, 5.74) is 4.46. The summed E-state index contributed by atoms with van der Waals surface area (Å²) in [5, 5.41) is 3.51. The van der Waals surface area contributed by atoms with E-state index in [4.69, 9.17) is 9.47 Å². The fourth-order valence-corrected chi connectivity index (χ4v) is 5.11. The van der Waals surface area contributed by atoms with E-state index >= 15 is 0 Å². The second-order valence-electron chi connectivity index (χ2n) is 10.2. The number of nitrogens with zero attached hydrogens (tertiary/aromatic N) is 1. The third-order valence-electron chi connectivity index (χ3n) is 7.77. The Morgan fingerprint density at radius 1 is 1.09 bits per heavy atom. The van der Waals surface area contributed by atoms with Gasteiger partial charge in [-0.3, -0.25) is 4.90 Å². The van der Waals surface area contributed by atoms with Gasteiger partial charge in [0.2, 0.25) is 0 Å². The Labute approximate surface area is 214 Å². The highest BCUT2D eigenvalue weighted by Crippen LogP contribution is 2.39. The third-order valence-corrected chi connectivity index (χ3v) is 7.77. The lowest BCUT2D eigenvalue weighted by atomic mass is 9.73. The zero-order valence-corrected chi connectivity index (χ0v) is 22.8. The summed E-state index contributed by atoms with van der Waals surface area (Å²) in [4.78, 5) is 2.75. The first-order valence-corrected chi connectivity index (χ1v) is 13.8. The van der Waals surface area contributed by atoms with Gasteiger partial charge < -0.3 is 14.8 Å². The summed E-state index contributed by atoms with van der Waals surface area (Å²) in [5.74, 6) is 1.86. The van der Waals surface area contributed by atoms with Crippen LogP contribution in [0.4, 0.5) is 0 Å². The molecule has 0 bridgehead atoms. The fraction of sp³-hybridized carbons (Fsp3) is 0.613. The molecule has 4 heteroatoms. The number of ether oxygens (including phenoxy) is 2. The van der Waals surface area contributed by atoms with E-state index in [-0.39, 0.29) is 5.41 Å². The molecule has 1 aliphatic heterocycles. The van der Waals surface area contributed by atoms with E-state index in [1.165, 1.54) is 42.5 Å². The van der Waals surface area contributed by atoms with Crippen LogP contribution in [0.2, 0.25) is 0 Å². The summed E-state index contributed by atoms with van der Waals surface area (Å²) < 4.78 is 11.8. The van der Waals surface area contributed by atoms with Crippen LogP contribution in [0.15, 0.2) is 48.5 Å². The highest BCUT2D eigenvalue weighted by atomic mass is 16.5. The molecule has 35 heavy (non-hydrogen) atoms. The van der Waals surface area contributed by atoms with Crippen LogP contribution in [0.5, 0.6) is 5.75 Å². The first kappa shape index (κ1) is 27.7. The van der Waals surface area contributed by atoms with E-state index in [1.807, 2.05) is 13.8 Å². The average Bonchev–Trinajstić information content (AvgIpc) is 3.73. The fourth-order valence-electron chi connectivity index (χ4n) is 5.11. The van der Waals surface area contributed by atoms with E-state index in [0.29, 0.717) is 6.04 Å². The molecule has 4 rings (SSSR count). The van der Waals surface area contributed by atoms with Crippen molar-refractivity contribution < 1.29 is 9.47 Å². The van der Waals surface area contributed by atoms with Gasteiger partial charge in [-0.2, -0.15) is 0 Å². The highest BCUT2D eigenvalue weighted by Gasteiger charge is 2.35. The topological polar surface area (TPSA) is 33.7 Å². The molecular weight excluding hydrogens is 432 g/mol. The van der Waals surface area contributed by atoms with E-state index < -0.39 is 0 Å². The second kappa shape index (κ2) is 14.0. The molecule has 1 fully saturated rings. The number of fused-ring (bicyclic) bond motifs is 1. The van der Waals surface area contributed by atoms with Crippen LogP contribution in [0.3, 0.4) is 0 Å². The highest BCUT2D eigenvalue weighted by molar-refractivity contribution is 5.41. The molecule has 2 aromatic carbocycles. The minimum atomic E-state index is 0.193. The summed E-state index contributed by atoms with van der Waals surface area (Å²) in [6.07, 6.45) is 6.18. The van der Waals surface area contributed by atoms with E-state index in [0.717, 1.165) is 57.4 Å². The molecule has 2 aliphatic rings. The number of benzene rings is 2. The molecule has 0 radical (unpaired) electrons. The molecule has 0 amide bonds. The molecule has 0 spiro atoms. The van der Waals surface area contributed by atoms with Crippen LogP contribution in [0, 0.1) is 5.92 Å². The van der Waals surface area contributed by atoms with Crippen molar-refractivity contribution in [1.82, 2.24) is 10.2 Å². The number of rotatable bonds is 11. The van der Waals surface area contributed by atoms with Gasteiger partial charge >= 0.3 is 0 Å². The molecule has 1 saturated carbocycles. The van der Waals surface area contributed by atoms with Crippen molar-refractivity contribution in [2.75, 3.05) is 40.0 Å². The summed E-state index contributed by atoms with van der Waals surface area (Å²) in [7, 11) is 1.77. The molecule has 0 saturated heterocycles.